The number of nitrogens with zero attached hydrogens (tertiary/aromatic N) is 3. The van der Waals surface area contributed by atoms with E-state index in [2.05, 4.69) is 15.2 Å². The summed E-state index contributed by atoms with van der Waals surface area (Å²) in [4.78, 5) is 22.0. The van der Waals surface area contributed by atoms with Crippen LogP contribution in [0.25, 0.3) is 10.6 Å². The summed E-state index contributed by atoms with van der Waals surface area (Å²) in [6, 6.07) is 8.41. The van der Waals surface area contributed by atoms with Crippen LogP contribution in [-0.4, -0.2) is 66.0 Å². The van der Waals surface area contributed by atoms with E-state index in [1.54, 1.807) is 11.3 Å². The van der Waals surface area contributed by atoms with Crippen LogP contribution in [0.3, 0.4) is 0 Å². The number of piperazine rings is 1. The molecule has 0 saturated carbocycles. The molecule has 27 heavy (non-hydrogen) atoms. The fraction of sp³-hybridized carbons (Fsp3) is 0.474. The number of hydrogen-bond acceptors (Lipinski definition) is 5. The minimum atomic E-state index is 0. The van der Waals surface area contributed by atoms with Crippen LogP contribution < -0.4 is 5.32 Å². The molecule has 2 aliphatic heterocycles. The molecule has 3 heterocycles. The van der Waals surface area contributed by atoms with E-state index in [1.165, 1.54) is 0 Å². The summed E-state index contributed by atoms with van der Waals surface area (Å²) < 4.78 is 0. The second kappa shape index (κ2) is 9.85. The van der Waals surface area contributed by atoms with E-state index in [-0.39, 0.29) is 30.7 Å². The van der Waals surface area contributed by atoms with Gasteiger partial charge in [0, 0.05) is 67.5 Å². The van der Waals surface area contributed by atoms with Crippen molar-refractivity contribution in [2.24, 2.45) is 0 Å². The third-order valence-electron chi connectivity index (χ3n) is 5.09. The molecule has 0 bridgehead atoms. The van der Waals surface area contributed by atoms with Crippen LogP contribution in [-0.2, 0) is 0 Å². The van der Waals surface area contributed by atoms with Gasteiger partial charge in [0.25, 0.3) is 5.91 Å². The Labute approximate surface area is 177 Å². The van der Waals surface area contributed by atoms with Crippen molar-refractivity contribution in [1.29, 1.82) is 0 Å². The summed E-state index contributed by atoms with van der Waals surface area (Å²) in [7, 11) is 0. The summed E-state index contributed by atoms with van der Waals surface area (Å²) >= 11 is 1.63. The average molecular weight is 429 g/mol. The highest BCUT2D eigenvalue weighted by Crippen LogP contribution is 2.25. The van der Waals surface area contributed by atoms with E-state index in [4.69, 9.17) is 0 Å². The molecule has 1 aromatic heterocycles. The number of nitrogens with one attached hydrogen (secondary N) is 1. The maximum absolute atomic E-state index is 12.9. The predicted octanol–water partition coefficient (Wildman–Crippen LogP) is 3.08. The van der Waals surface area contributed by atoms with Crippen LogP contribution >= 0.6 is 36.2 Å². The lowest BCUT2D eigenvalue weighted by molar-refractivity contribution is 0.0773. The molecule has 1 atom stereocenters. The van der Waals surface area contributed by atoms with Gasteiger partial charge in [-0.2, -0.15) is 0 Å². The van der Waals surface area contributed by atoms with E-state index in [9.17, 15) is 4.79 Å². The van der Waals surface area contributed by atoms with Crippen molar-refractivity contribution in [3.8, 4) is 10.6 Å². The number of likely N-dealkylation sites (tertiary alicyclic amines) is 1. The molecule has 0 radical (unpaired) electrons. The molecule has 0 aliphatic carbocycles. The van der Waals surface area contributed by atoms with Crippen molar-refractivity contribution in [2.75, 3.05) is 39.3 Å². The van der Waals surface area contributed by atoms with Crippen molar-refractivity contribution in [3.63, 3.8) is 0 Å². The number of amides is 1. The second-order valence-electron chi connectivity index (χ2n) is 6.85. The van der Waals surface area contributed by atoms with Crippen LogP contribution in [0, 0.1) is 6.92 Å². The molecule has 2 aromatic rings. The Hall–Kier alpha value is -1.18. The van der Waals surface area contributed by atoms with Gasteiger partial charge in [-0.1, -0.05) is 12.1 Å². The molecular formula is C19H26Cl2N4OS. The van der Waals surface area contributed by atoms with E-state index >= 15 is 0 Å². The standard InChI is InChI=1S/C19H24N4OS.2ClH/c1-14-13-25-18(21-14)15-3-2-4-16(11-15)19(24)23-8-5-17(12-23)22-9-6-20-7-10-22;;/h2-4,11,13,17,20H,5-10,12H2,1H3;2*1H. The molecule has 4 rings (SSSR count). The predicted molar refractivity (Wildman–Crippen MR) is 116 cm³/mol. The summed E-state index contributed by atoms with van der Waals surface area (Å²) in [5.41, 5.74) is 2.82. The number of thiazole rings is 1. The Balaban J connectivity index is 0.00000131. The van der Waals surface area contributed by atoms with Gasteiger partial charge in [0.15, 0.2) is 0 Å². The van der Waals surface area contributed by atoms with Gasteiger partial charge >= 0.3 is 0 Å². The van der Waals surface area contributed by atoms with Gasteiger partial charge in [0.2, 0.25) is 0 Å². The monoisotopic (exact) mass is 428 g/mol. The minimum Gasteiger partial charge on any atom is -0.337 e. The van der Waals surface area contributed by atoms with Gasteiger partial charge in [-0.05, 0) is 25.5 Å². The fourth-order valence-electron chi connectivity index (χ4n) is 3.73. The smallest absolute Gasteiger partial charge is 0.253 e. The molecule has 1 unspecified atom stereocenters. The van der Waals surface area contributed by atoms with Gasteiger partial charge in [0.1, 0.15) is 5.01 Å². The van der Waals surface area contributed by atoms with Gasteiger partial charge in [0.05, 0.1) is 0 Å². The molecule has 0 spiro atoms. The third kappa shape index (κ3) is 5.00. The van der Waals surface area contributed by atoms with Crippen LogP contribution in [0.15, 0.2) is 29.6 Å². The van der Waals surface area contributed by atoms with Crippen LogP contribution in [0.4, 0.5) is 0 Å². The first-order valence-corrected chi connectivity index (χ1v) is 9.85. The first-order valence-electron chi connectivity index (χ1n) is 8.97. The quantitative estimate of drug-likeness (QED) is 0.815. The zero-order valence-corrected chi connectivity index (χ0v) is 17.8. The van der Waals surface area contributed by atoms with Crippen molar-refractivity contribution in [2.45, 2.75) is 19.4 Å². The summed E-state index contributed by atoms with van der Waals surface area (Å²) in [5.74, 6) is 0.146. The van der Waals surface area contributed by atoms with Gasteiger partial charge in [-0.25, -0.2) is 4.98 Å². The molecule has 5 nitrogen and oxygen atoms in total. The van der Waals surface area contributed by atoms with Crippen molar-refractivity contribution in [1.82, 2.24) is 20.1 Å². The van der Waals surface area contributed by atoms with Crippen LogP contribution in [0.1, 0.15) is 22.5 Å². The Morgan fingerprint density at radius 3 is 2.70 bits per heavy atom. The van der Waals surface area contributed by atoms with Crippen LogP contribution in [0.5, 0.6) is 0 Å². The lowest BCUT2D eigenvalue weighted by Gasteiger charge is -2.32. The number of aryl methyl sites for hydroxylation is 1. The summed E-state index contributed by atoms with van der Waals surface area (Å²) in [6.45, 7) is 7.99. The van der Waals surface area contributed by atoms with Crippen LogP contribution in [0.2, 0.25) is 0 Å². The number of hydrogen-bond donors (Lipinski definition) is 1. The SMILES string of the molecule is Cc1csc(-c2cccc(C(=O)N3CCC(N4CCNCC4)C3)c2)n1.Cl.Cl. The third-order valence-corrected chi connectivity index (χ3v) is 6.10. The fourth-order valence-corrected chi connectivity index (χ4v) is 4.52. The number of carbonyl (C=O) groups excluding carboxylic acids is 1. The first-order chi connectivity index (χ1) is 12.2. The molecule has 2 saturated heterocycles. The van der Waals surface area contributed by atoms with E-state index in [0.717, 1.165) is 67.5 Å². The number of carbonyl (C=O) groups is 1. The average Bonchev–Trinajstić information content (AvgIpc) is 3.31. The Morgan fingerprint density at radius 1 is 1.22 bits per heavy atom. The van der Waals surface area contributed by atoms with Gasteiger partial charge in [-0.15, -0.1) is 36.2 Å². The highest BCUT2D eigenvalue weighted by molar-refractivity contribution is 7.13. The maximum Gasteiger partial charge on any atom is 0.253 e. The summed E-state index contributed by atoms with van der Waals surface area (Å²) in [6.07, 6.45) is 1.08. The normalized spacial score (nSPS) is 20.0. The van der Waals surface area contributed by atoms with Gasteiger partial charge in [-0.3, -0.25) is 9.69 Å². The van der Waals surface area contributed by atoms with E-state index < -0.39 is 0 Å². The molecule has 1 N–H and O–H groups in total. The van der Waals surface area contributed by atoms with Gasteiger partial charge < -0.3 is 10.2 Å². The maximum atomic E-state index is 12.9. The van der Waals surface area contributed by atoms with E-state index in [1.807, 2.05) is 41.5 Å². The number of rotatable bonds is 3. The zero-order valence-electron chi connectivity index (χ0n) is 15.4. The lowest BCUT2D eigenvalue weighted by atomic mass is 10.1. The number of benzene rings is 1. The molecule has 148 valence electrons. The second-order valence-corrected chi connectivity index (χ2v) is 7.71. The Bertz CT molecular complexity index is 764. The Kier molecular flexibility index (Phi) is 8.06. The highest BCUT2D eigenvalue weighted by Gasteiger charge is 2.31. The van der Waals surface area contributed by atoms with Crippen molar-refractivity contribution in [3.05, 3.63) is 40.9 Å². The molecule has 2 fully saturated rings. The summed E-state index contributed by atoms with van der Waals surface area (Å²) in [5, 5.41) is 6.42. The molecular weight excluding hydrogens is 403 g/mol. The molecule has 1 aromatic carbocycles. The topological polar surface area (TPSA) is 48.5 Å². The zero-order chi connectivity index (χ0) is 17.2. The largest absolute Gasteiger partial charge is 0.337 e. The highest BCUT2D eigenvalue weighted by atomic mass is 35.5. The Morgan fingerprint density at radius 2 is 2.00 bits per heavy atom. The number of aromatic nitrogens is 1. The molecule has 1 amide bonds. The van der Waals surface area contributed by atoms with E-state index in [0.29, 0.717) is 6.04 Å². The van der Waals surface area contributed by atoms with Crippen molar-refractivity contribution >= 4 is 42.1 Å². The van der Waals surface area contributed by atoms with Crippen molar-refractivity contribution < 1.29 is 4.79 Å². The molecule has 2 aliphatic rings. The first kappa shape index (κ1) is 22.1. The lowest BCUT2D eigenvalue weighted by Crippen LogP contribution is -2.49. The number of halogens is 2. The minimum absolute atomic E-state index is 0. The molecule has 8 heteroatoms.